The van der Waals surface area contributed by atoms with Crippen molar-refractivity contribution in [3.8, 4) is 0 Å². The first-order chi connectivity index (χ1) is 8.77. The normalized spacial score (nSPS) is 18.3. The van der Waals surface area contributed by atoms with E-state index < -0.39 is 0 Å². The SMILES string of the molecule is C[C@H](CNC(=O)C1CCCCC1)c1ccccc1. The molecule has 0 bridgehead atoms. The van der Waals surface area contributed by atoms with Gasteiger partial charge >= 0.3 is 0 Å². The lowest BCUT2D eigenvalue weighted by Crippen LogP contribution is -2.34. The Morgan fingerprint density at radius 2 is 1.89 bits per heavy atom. The van der Waals surface area contributed by atoms with Gasteiger partial charge in [0.25, 0.3) is 0 Å². The van der Waals surface area contributed by atoms with E-state index in [4.69, 9.17) is 0 Å². The van der Waals surface area contributed by atoms with Gasteiger partial charge in [0.15, 0.2) is 0 Å². The number of hydrogen-bond donors (Lipinski definition) is 1. The van der Waals surface area contributed by atoms with Crippen LogP contribution in [0.25, 0.3) is 0 Å². The van der Waals surface area contributed by atoms with Crippen LogP contribution >= 0.6 is 0 Å². The van der Waals surface area contributed by atoms with Crippen molar-refractivity contribution in [2.45, 2.75) is 44.9 Å². The molecule has 2 nitrogen and oxygen atoms in total. The smallest absolute Gasteiger partial charge is 0.223 e. The predicted octanol–water partition coefficient (Wildman–Crippen LogP) is 3.49. The van der Waals surface area contributed by atoms with Gasteiger partial charge in [-0.05, 0) is 24.3 Å². The summed E-state index contributed by atoms with van der Waals surface area (Å²) < 4.78 is 0. The van der Waals surface area contributed by atoms with Gasteiger partial charge in [-0.1, -0.05) is 56.5 Å². The van der Waals surface area contributed by atoms with Crippen LogP contribution < -0.4 is 5.32 Å². The fourth-order valence-electron chi connectivity index (χ4n) is 2.66. The summed E-state index contributed by atoms with van der Waals surface area (Å²) in [7, 11) is 0. The van der Waals surface area contributed by atoms with E-state index in [0.717, 1.165) is 19.4 Å². The van der Waals surface area contributed by atoms with Crippen LogP contribution in [0.4, 0.5) is 0 Å². The Kier molecular flexibility index (Phi) is 4.80. The largest absolute Gasteiger partial charge is 0.355 e. The second kappa shape index (κ2) is 6.58. The van der Waals surface area contributed by atoms with Crippen molar-refractivity contribution in [3.05, 3.63) is 35.9 Å². The summed E-state index contributed by atoms with van der Waals surface area (Å²) in [6.45, 7) is 2.91. The monoisotopic (exact) mass is 245 g/mol. The van der Waals surface area contributed by atoms with Gasteiger partial charge in [0.05, 0.1) is 0 Å². The van der Waals surface area contributed by atoms with Crippen LogP contribution in [0, 0.1) is 5.92 Å². The second-order valence-corrected chi connectivity index (χ2v) is 5.39. The fraction of sp³-hybridized carbons (Fsp3) is 0.562. The second-order valence-electron chi connectivity index (χ2n) is 5.39. The van der Waals surface area contributed by atoms with Gasteiger partial charge in [0, 0.05) is 12.5 Å². The van der Waals surface area contributed by atoms with Gasteiger partial charge in [0.1, 0.15) is 0 Å². The van der Waals surface area contributed by atoms with E-state index in [0.29, 0.717) is 5.92 Å². The molecule has 2 rings (SSSR count). The van der Waals surface area contributed by atoms with Crippen LogP contribution in [-0.2, 0) is 4.79 Å². The molecule has 2 heteroatoms. The molecular weight excluding hydrogens is 222 g/mol. The summed E-state index contributed by atoms with van der Waals surface area (Å²) in [6.07, 6.45) is 5.87. The number of carbonyl (C=O) groups is 1. The molecule has 1 amide bonds. The van der Waals surface area contributed by atoms with Crippen molar-refractivity contribution in [1.82, 2.24) is 5.32 Å². The van der Waals surface area contributed by atoms with Crippen LogP contribution in [0.15, 0.2) is 30.3 Å². The Bertz CT molecular complexity index is 368. The maximum absolute atomic E-state index is 12.0. The lowest BCUT2D eigenvalue weighted by atomic mass is 9.88. The lowest BCUT2D eigenvalue weighted by molar-refractivity contribution is -0.125. The summed E-state index contributed by atoms with van der Waals surface area (Å²) in [5.41, 5.74) is 1.29. The molecule has 1 aliphatic carbocycles. The molecule has 1 fully saturated rings. The van der Waals surface area contributed by atoms with Crippen LogP contribution in [0.3, 0.4) is 0 Å². The fourth-order valence-corrected chi connectivity index (χ4v) is 2.66. The number of rotatable bonds is 4. The summed E-state index contributed by atoms with van der Waals surface area (Å²) >= 11 is 0. The third-order valence-corrected chi connectivity index (χ3v) is 3.93. The van der Waals surface area contributed by atoms with Crippen LogP contribution in [-0.4, -0.2) is 12.5 Å². The van der Waals surface area contributed by atoms with Gasteiger partial charge in [-0.3, -0.25) is 4.79 Å². The van der Waals surface area contributed by atoms with Gasteiger partial charge in [-0.2, -0.15) is 0 Å². The lowest BCUT2D eigenvalue weighted by Gasteiger charge is -2.22. The third-order valence-electron chi connectivity index (χ3n) is 3.93. The van der Waals surface area contributed by atoms with Crippen LogP contribution in [0.1, 0.15) is 50.5 Å². The zero-order chi connectivity index (χ0) is 12.8. The third kappa shape index (κ3) is 3.59. The average molecular weight is 245 g/mol. The molecule has 1 aromatic rings. The highest BCUT2D eigenvalue weighted by Gasteiger charge is 2.21. The minimum Gasteiger partial charge on any atom is -0.355 e. The molecule has 1 N–H and O–H groups in total. The molecule has 0 aliphatic heterocycles. The molecule has 0 heterocycles. The van der Waals surface area contributed by atoms with Crippen LogP contribution in [0.2, 0.25) is 0 Å². The molecule has 1 atom stereocenters. The maximum Gasteiger partial charge on any atom is 0.223 e. The van der Waals surface area contributed by atoms with E-state index in [1.165, 1.54) is 24.8 Å². The zero-order valence-electron chi connectivity index (χ0n) is 11.2. The number of carbonyl (C=O) groups excluding carboxylic acids is 1. The van der Waals surface area contributed by atoms with Gasteiger partial charge in [0.2, 0.25) is 5.91 Å². The summed E-state index contributed by atoms with van der Waals surface area (Å²) in [5.74, 6) is 0.915. The molecule has 0 spiro atoms. The quantitative estimate of drug-likeness (QED) is 0.864. The Labute approximate surface area is 110 Å². The van der Waals surface area contributed by atoms with Crippen molar-refractivity contribution < 1.29 is 4.79 Å². The molecule has 0 unspecified atom stereocenters. The van der Waals surface area contributed by atoms with Crippen LogP contribution in [0.5, 0.6) is 0 Å². The van der Waals surface area contributed by atoms with E-state index in [1.54, 1.807) is 0 Å². The van der Waals surface area contributed by atoms with Gasteiger partial charge in [-0.25, -0.2) is 0 Å². The molecule has 0 aromatic heterocycles. The van der Waals surface area contributed by atoms with E-state index >= 15 is 0 Å². The highest BCUT2D eigenvalue weighted by Crippen LogP contribution is 2.23. The van der Waals surface area contributed by atoms with Crippen molar-refractivity contribution in [2.24, 2.45) is 5.92 Å². The van der Waals surface area contributed by atoms with Crippen molar-refractivity contribution >= 4 is 5.91 Å². The minimum absolute atomic E-state index is 0.262. The van der Waals surface area contributed by atoms with E-state index in [9.17, 15) is 4.79 Å². The maximum atomic E-state index is 12.0. The molecule has 18 heavy (non-hydrogen) atoms. The van der Waals surface area contributed by atoms with Gasteiger partial charge < -0.3 is 5.32 Å². The first-order valence-corrected chi connectivity index (χ1v) is 7.10. The molecule has 0 saturated heterocycles. The number of hydrogen-bond acceptors (Lipinski definition) is 1. The summed E-state index contributed by atoms with van der Waals surface area (Å²) in [6, 6.07) is 10.4. The Morgan fingerprint density at radius 3 is 2.56 bits per heavy atom. The molecule has 1 saturated carbocycles. The van der Waals surface area contributed by atoms with E-state index in [2.05, 4.69) is 36.5 Å². The van der Waals surface area contributed by atoms with Crippen molar-refractivity contribution in [1.29, 1.82) is 0 Å². The Morgan fingerprint density at radius 1 is 1.22 bits per heavy atom. The number of benzene rings is 1. The molecular formula is C16H23NO. The topological polar surface area (TPSA) is 29.1 Å². The predicted molar refractivity (Wildman–Crippen MR) is 74.4 cm³/mol. The molecule has 0 radical (unpaired) electrons. The number of amides is 1. The molecule has 1 aromatic carbocycles. The summed E-state index contributed by atoms with van der Waals surface area (Å²) in [4.78, 5) is 12.0. The standard InChI is InChI=1S/C16H23NO/c1-13(14-8-4-2-5-9-14)12-17-16(18)15-10-6-3-7-11-15/h2,4-5,8-9,13,15H,3,6-7,10-12H2,1H3,(H,17,18)/t13-/m1/s1. The average Bonchev–Trinajstić information content (AvgIpc) is 2.46. The van der Waals surface area contributed by atoms with E-state index in [1.807, 2.05) is 6.07 Å². The minimum atomic E-state index is 0.262. The van der Waals surface area contributed by atoms with E-state index in [-0.39, 0.29) is 11.8 Å². The Hall–Kier alpha value is -1.31. The number of nitrogens with one attached hydrogen (secondary N) is 1. The van der Waals surface area contributed by atoms with Crippen molar-refractivity contribution in [2.75, 3.05) is 6.54 Å². The Balaban J connectivity index is 1.78. The first-order valence-electron chi connectivity index (χ1n) is 7.10. The highest BCUT2D eigenvalue weighted by molar-refractivity contribution is 5.78. The molecule has 98 valence electrons. The molecule has 1 aliphatic rings. The zero-order valence-corrected chi connectivity index (χ0v) is 11.2. The van der Waals surface area contributed by atoms with Gasteiger partial charge in [-0.15, -0.1) is 0 Å². The highest BCUT2D eigenvalue weighted by atomic mass is 16.1. The first kappa shape index (κ1) is 13.1. The summed E-state index contributed by atoms with van der Waals surface area (Å²) in [5, 5.41) is 3.11. The van der Waals surface area contributed by atoms with Crippen molar-refractivity contribution in [3.63, 3.8) is 0 Å².